The van der Waals surface area contributed by atoms with E-state index in [1.807, 2.05) is 30.7 Å². The van der Waals surface area contributed by atoms with Gasteiger partial charge in [-0.05, 0) is 45.1 Å². The van der Waals surface area contributed by atoms with Crippen molar-refractivity contribution in [2.24, 2.45) is 0 Å². The lowest BCUT2D eigenvalue weighted by atomic mass is 10.2. The summed E-state index contributed by atoms with van der Waals surface area (Å²) in [5.74, 6) is 0. The molecule has 84 valence electrons. The first-order chi connectivity index (χ1) is 7.58. The van der Waals surface area contributed by atoms with E-state index in [0.717, 1.165) is 17.1 Å². The van der Waals surface area contributed by atoms with Crippen LogP contribution in [0.15, 0.2) is 24.3 Å². The van der Waals surface area contributed by atoms with Crippen LogP contribution in [0.5, 0.6) is 0 Å². The largest absolute Gasteiger partial charge is 0.333 e. The van der Waals surface area contributed by atoms with Crippen molar-refractivity contribution in [3.05, 3.63) is 46.0 Å². The number of rotatable bonds is 2. The summed E-state index contributed by atoms with van der Waals surface area (Å²) in [4.78, 5) is 3.12. The van der Waals surface area contributed by atoms with Crippen LogP contribution < -0.4 is 5.43 Å². The zero-order chi connectivity index (χ0) is 11.7. The Kier molecular flexibility index (Phi) is 2.83. The van der Waals surface area contributed by atoms with Gasteiger partial charge in [-0.3, -0.25) is 5.43 Å². The zero-order valence-corrected chi connectivity index (χ0v) is 10.5. The first-order valence-corrected chi connectivity index (χ1v) is 5.60. The molecule has 0 radical (unpaired) electrons. The van der Waals surface area contributed by atoms with E-state index < -0.39 is 0 Å². The minimum Gasteiger partial charge on any atom is -0.333 e. The fraction of sp³-hybridized carbons (Fsp3) is 0.250. The van der Waals surface area contributed by atoms with Gasteiger partial charge in [-0.2, -0.15) is 0 Å². The Bertz CT molecular complexity index is 549. The number of benzene rings is 1. The monoisotopic (exact) mass is 233 g/mol. The van der Waals surface area contributed by atoms with Crippen LogP contribution in [0.4, 0.5) is 5.69 Å². The Morgan fingerprint density at radius 3 is 2.25 bits per heavy atom. The number of aromatic amines is 1. The van der Waals surface area contributed by atoms with Crippen LogP contribution in [0.3, 0.4) is 0 Å². The number of nitrogens with zero attached hydrogens (tertiary/aromatic N) is 1. The average molecular weight is 233 g/mol. The highest BCUT2D eigenvalue weighted by atomic mass is 32.1. The minimum atomic E-state index is 0.690. The summed E-state index contributed by atoms with van der Waals surface area (Å²) in [6, 6.07) is 8.22. The fourth-order valence-electron chi connectivity index (χ4n) is 1.52. The van der Waals surface area contributed by atoms with Crippen LogP contribution in [0, 0.1) is 25.5 Å². The molecule has 4 heteroatoms. The minimum absolute atomic E-state index is 0.690. The predicted molar refractivity (Wildman–Crippen MR) is 69.3 cm³/mol. The number of hydrogen-bond donors (Lipinski definition) is 2. The fourth-order valence-corrected chi connectivity index (χ4v) is 1.85. The van der Waals surface area contributed by atoms with Crippen molar-refractivity contribution in [2.45, 2.75) is 20.8 Å². The Morgan fingerprint density at radius 2 is 1.75 bits per heavy atom. The van der Waals surface area contributed by atoms with Gasteiger partial charge in [-0.15, -0.1) is 0 Å². The molecule has 3 nitrogen and oxygen atoms in total. The number of anilines is 1. The summed E-state index contributed by atoms with van der Waals surface area (Å²) in [5.41, 5.74) is 7.74. The van der Waals surface area contributed by atoms with E-state index in [9.17, 15) is 0 Å². The second-order valence-electron chi connectivity index (χ2n) is 3.95. The number of hydrogen-bond acceptors (Lipinski definition) is 2. The van der Waals surface area contributed by atoms with Crippen molar-refractivity contribution in [2.75, 3.05) is 5.43 Å². The first-order valence-electron chi connectivity index (χ1n) is 5.20. The third kappa shape index (κ3) is 2.02. The highest BCUT2D eigenvalue weighted by Crippen LogP contribution is 2.12. The molecule has 0 aliphatic heterocycles. The molecule has 2 aromatic rings. The van der Waals surface area contributed by atoms with Gasteiger partial charge >= 0.3 is 0 Å². The summed E-state index contributed by atoms with van der Waals surface area (Å²) in [5, 5.41) is 0. The van der Waals surface area contributed by atoms with Gasteiger partial charge in [0.25, 0.3) is 0 Å². The number of H-pyrrole nitrogens is 1. The lowest BCUT2D eigenvalue weighted by molar-refractivity contribution is 0.894. The maximum absolute atomic E-state index is 5.23. The summed E-state index contributed by atoms with van der Waals surface area (Å²) in [6.07, 6.45) is 0. The predicted octanol–water partition coefficient (Wildman–Crippen LogP) is 3.35. The first kappa shape index (κ1) is 11.0. The topological polar surface area (TPSA) is 32.8 Å². The van der Waals surface area contributed by atoms with Crippen molar-refractivity contribution in [1.29, 1.82) is 0 Å². The Balaban J connectivity index is 2.34. The van der Waals surface area contributed by atoms with Crippen molar-refractivity contribution in [1.82, 2.24) is 9.66 Å². The van der Waals surface area contributed by atoms with Crippen LogP contribution in [0.1, 0.15) is 17.0 Å². The third-order valence-corrected chi connectivity index (χ3v) is 2.95. The normalized spacial score (nSPS) is 10.4. The van der Waals surface area contributed by atoms with Crippen molar-refractivity contribution in [3.63, 3.8) is 0 Å². The van der Waals surface area contributed by atoms with Gasteiger partial charge in [0.05, 0.1) is 11.4 Å². The molecule has 0 bridgehead atoms. The molecule has 1 aromatic heterocycles. The van der Waals surface area contributed by atoms with Crippen LogP contribution in [0.2, 0.25) is 0 Å². The van der Waals surface area contributed by atoms with Gasteiger partial charge in [0.1, 0.15) is 0 Å². The molecule has 1 aromatic carbocycles. The van der Waals surface area contributed by atoms with Crippen LogP contribution in [-0.4, -0.2) is 9.66 Å². The molecule has 1 heterocycles. The number of aromatic nitrogens is 2. The summed E-state index contributed by atoms with van der Waals surface area (Å²) in [7, 11) is 0. The maximum atomic E-state index is 5.23. The summed E-state index contributed by atoms with van der Waals surface area (Å²) >= 11 is 5.23. The Hall–Kier alpha value is -1.55. The van der Waals surface area contributed by atoms with Crippen LogP contribution >= 0.6 is 12.2 Å². The molecule has 0 saturated heterocycles. The Labute approximate surface area is 100 Å². The van der Waals surface area contributed by atoms with Gasteiger partial charge in [-0.25, -0.2) is 4.68 Å². The molecular weight excluding hydrogens is 218 g/mol. The zero-order valence-electron chi connectivity index (χ0n) is 9.66. The van der Waals surface area contributed by atoms with E-state index in [2.05, 4.69) is 29.5 Å². The van der Waals surface area contributed by atoms with Crippen LogP contribution in [-0.2, 0) is 0 Å². The molecule has 0 spiro atoms. The molecule has 0 amide bonds. The van der Waals surface area contributed by atoms with E-state index in [4.69, 9.17) is 12.2 Å². The Morgan fingerprint density at radius 1 is 1.12 bits per heavy atom. The van der Waals surface area contributed by atoms with Gasteiger partial charge in [0, 0.05) is 5.69 Å². The molecule has 16 heavy (non-hydrogen) atoms. The SMILES string of the molecule is Cc1ccc(Nn2c(C)c(C)[nH]c2=S)cc1. The van der Waals surface area contributed by atoms with Crippen LogP contribution in [0.25, 0.3) is 0 Å². The van der Waals surface area contributed by atoms with Crippen molar-refractivity contribution in [3.8, 4) is 0 Å². The number of imidazole rings is 1. The van der Waals surface area contributed by atoms with Gasteiger partial charge < -0.3 is 4.98 Å². The van der Waals surface area contributed by atoms with Gasteiger partial charge in [0.15, 0.2) is 4.77 Å². The van der Waals surface area contributed by atoms with Gasteiger partial charge in [0.2, 0.25) is 0 Å². The molecule has 0 aliphatic rings. The van der Waals surface area contributed by atoms with Crippen molar-refractivity contribution < 1.29 is 0 Å². The van der Waals surface area contributed by atoms with E-state index in [1.165, 1.54) is 5.56 Å². The molecule has 0 fully saturated rings. The molecular formula is C12H15N3S. The number of nitrogens with one attached hydrogen (secondary N) is 2. The van der Waals surface area contributed by atoms with E-state index in [-0.39, 0.29) is 0 Å². The molecule has 0 atom stereocenters. The van der Waals surface area contributed by atoms with E-state index >= 15 is 0 Å². The lowest BCUT2D eigenvalue weighted by Crippen LogP contribution is -2.10. The van der Waals surface area contributed by atoms with Gasteiger partial charge in [-0.1, -0.05) is 17.7 Å². The highest BCUT2D eigenvalue weighted by molar-refractivity contribution is 7.71. The highest BCUT2D eigenvalue weighted by Gasteiger charge is 2.03. The summed E-state index contributed by atoms with van der Waals surface area (Å²) < 4.78 is 2.57. The molecule has 2 N–H and O–H groups in total. The van der Waals surface area contributed by atoms with E-state index in [0.29, 0.717) is 4.77 Å². The average Bonchev–Trinajstić information content (AvgIpc) is 2.48. The molecule has 0 unspecified atom stereocenters. The standard InChI is InChI=1S/C12H15N3S/c1-8-4-6-11(7-5-8)14-15-10(3)9(2)13-12(15)16/h4-7,14H,1-3H3,(H,13,16). The smallest absolute Gasteiger partial charge is 0.196 e. The van der Waals surface area contributed by atoms with E-state index in [1.54, 1.807) is 0 Å². The second-order valence-corrected chi connectivity index (χ2v) is 4.34. The van der Waals surface area contributed by atoms with Crippen molar-refractivity contribution >= 4 is 17.9 Å². The number of aryl methyl sites for hydroxylation is 2. The quantitative estimate of drug-likeness (QED) is 0.780. The molecule has 0 aliphatic carbocycles. The maximum Gasteiger partial charge on any atom is 0.196 e. The molecule has 0 saturated carbocycles. The second kappa shape index (κ2) is 4.14. The molecule has 2 rings (SSSR count). The third-order valence-electron chi connectivity index (χ3n) is 2.67. The summed E-state index contributed by atoms with van der Waals surface area (Å²) in [6.45, 7) is 6.11. The lowest BCUT2D eigenvalue weighted by Gasteiger charge is -2.09.